The number of ether oxygens (including phenoxy) is 1. The lowest BCUT2D eigenvalue weighted by molar-refractivity contribution is -0.0562. The molecule has 5 heteroatoms. The highest BCUT2D eigenvalue weighted by molar-refractivity contribution is 6.33. The third kappa shape index (κ3) is 3.54. The van der Waals surface area contributed by atoms with Gasteiger partial charge >= 0.3 is 0 Å². The third-order valence-corrected chi connectivity index (χ3v) is 5.37. The van der Waals surface area contributed by atoms with E-state index in [4.69, 9.17) is 16.3 Å². The van der Waals surface area contributed by atoms with E-state index < -0.39 is 0 Å². The number of halogens is 1. The second-order valence-corrected chi connectivity index (χ2v) is 7.05. The van der Waals surface area contributed by atoms with Gasteiger partial charge in [-0.05, 0) is 37.5 Å². The Morgan fingerprint density at radius 3 is 2.87 bits per heavy atom. The van der Waals surface area contributed by atoms with Gasteiger partial charge in [-0.1, -0.05) is 30.5 Å². The van der Waals surface area contributed by atoms with Gasteiger partial charge in [0.2, 0.25) is 0 Å². The minimum absolute atomic E-state index is 0.0546. The number of aryl methyl sites for hydroxylation is 1. The number of aliphatic hydroxyl groups is 1. The predicted octanol–water partition coefficient (Wildman–Crippen LogP) is 3.04. The first-order valence-electron chi connectivity index (χ1n) is 8.41. The van der Waals surface area contributed by atoms with Gasteiger partial charge in [-0.3, -0.25) is 4.79 Å². The van der Waals surface area contributed by atoms with Gasteiger partial charge in [0.25, 0.3) is 5.91 Å². The van der Waals surface area contributed by atoms with Crippen molar-refractivity contribution in [1.82, 2.24) is 4.90 Å². The van der Waals surface area contributed by atoms with Gasteiger partial charge in [0.15, 0.2) is 0 Å². The van der Waals surface area contributed by atoms with Crippen LogP contribution in [0.1, 0.15) is 41.6 Å². The molecule has 0 bridgehead atoms. The summed E-state index contributed by atoms with van der Waals surface area (Å²) in [5.74, 6) is 0.0401. The van der Waals surface area contributed by atoms with Crippen LogP contribution in [0.2, 0.25) is 5.02 Å². The average molecular weight is 338 g/mol. The molecule has 1 amide bonds. The topological polar surface area (TPSA) is 49.8 Å². The number of carbonyl (C=O) groups is 1. The van der Waals surface area contributed by atoms with Crippen LogP contribution in [0.25, 0.3) is 0 Å². The zero-order valence-electron chi connectivity index (χ0n) is 13.5. The quantitative estimate of drug-likeness (QED) is 0.902. The normalized spacial score (nSPS) is 28.7. The summed E-state index contributed by atoms with van der Waals surface area (Å²) in [6.07, 6.45) is 3.57. The maximum absolute atomic E-state index is 13.0. The minimum atomic E-state index is -0.348. The van der Waals surface area contributed by atoms with Crippen LogP contribution < -0.4 is 0 Å². The van der Waals surface area contributed by atoms with Gasteiger partial charge in [-0.15, -0.1) is 0 Å². The van der Waals surface area contributed by atoms with Crippen molar-refractivity contribution in [3.63, 3.8) is 0 Å². The summed E-state index contributed by atoms with van der Waals surface area (Å²) in [5, 5.41) is 10.9. The Morgan fingerprint density at radius 2 is 2.13 bits per heavy atom. The van der Waals surface area contributed by atoms with Crippen molar-refractivity contribution in [2.75, 3.05) is 19.8 Å². The monoisotopic (exact) mass is 337 g/mol. The number of hydrogen-bond donors (Lipinski definition) is 1. The van der Waals surface area contributed by atoms with Crippen LogP contribution in [0.4, 0.5) is 0 Å². The molecule has 1 N–H and O–H groups in total. The first kappa shape index (κ1) is 16.7. The third-order valence-electron chi connectivity index (χ3n) is 5.06. The summed E-state index contributed by atoms with van der Waals surface area (Å²) in [7, 11) is 0. The Morgan fingerprint density at radius 1 is 1.35 bits per heavy atom. The largest absolute Gasteiger partial charge is 0.393 e. The molecule has 1 aliphatic carbocycles. The number of rotatable bonds is 2. The van der Waals surface area contributed by atoms with Crippen LogP contribution >= 0.6 is 11.6 Å². The summed E-state index contributed by atoms with van der Waals surface area (Å²) in [6.45, 7) is 3.54. The van der Waals surface area contributed by atoms with Crippen molar-refractivity contribution in [2.24, 2.45) is 5.92 Å². The van der Waals surface area contributed by atoms with E-state index in [2.05, 4.69) is 0 Å². The fourth-order valence-electron chi connectivity index (χ4n) is 3.77. The maximum atomic E-state index is 13.0. The molecule has 0 spiro atoms. The first-order chi connectivity index (χ1) is 11.1. The zero-order chi connectivity index (χ0) is 16.4. The van der Waals surface area contributed by atoms with Crippen LogP contribution in [0.3, 0.4) is 0 Å². The summed E-state index contributed by atoms with van der Waals surface area (Å²) in [6, 6.07) is 5.46. The van der Waals surface area contributed by atoms with E-state index in [1.807, 2.05) is 24.0 Å². The molecule has 0 radical (unpaired) electrons. The fraction of sp³-hybridized carbons (Fsp3) is 0.611. The molecule has 4 nitrogen and oxygen atoms in total. The van der Waals surface area contributed by atoms with E-state index in [1.54, 1.807) is 6.07 Å². The van der Waals surface area contributed by atoms with E-state index in [9.17, 15) is 9.90 Å². The highest BCUT2D eigenvalue weighted by Crippen LogP contribution is 2.32. The average Bonchev–Trinajstić information content (AvgIpc) is 2.55. The van der Waals surface area contributed by atoms with Crippen molar-refractivity contribution in [3.05, 3.63) is 34.3 Å². The second-order valence-electron chi connectivity index (χ2n) is 6.64. The summed E-state index contributed by atoms with van der Waals surface area (Å²) >= 11 is 6.28. The Bertz CT molecular complexity index is 577. The minimum Gasteiger partial charge on any atom is -0.393 e. The second kappa shape index (κ2) is 7.20. The van der Waals surface area contributed by atoms with Crippen LogP contribution in [-0.2, 0) is 4.74 Å². The molecule has 1 saturated heterocycles. The van der Waals surface area contributed by atoms with Crippen LogP contribution in [0.15, 0.2) is 18.2 Å². The van der Waals surface area contributed by atoms with Crippen molar-refractivity contribution in [3.8, 4) is 0 Å². The van der Waals surface area contributed by atoms with Gasteiger partial charge in [-0.25, -0.2) is 0 Å². The molecule has 3 atom stereocenters. The standard InChI is InChI=1S/C18H24ClNO3/c1-12-6-7-13(15(19)10-12)18(22)20-8-9-23-11-16(20)14-4-2-3-5-17(14)21/h6-7,10,14,16-17,21H,2-5,8-9,11H2,1H3. The smallest absolute Gasteiger partial charge is 0.255 e. The number of hydrogen-bond acceptors (Lipinski definition) is 3. The number of amides is 1. The first-order valence-corrected chi connectivity index (χ1v) is 8.78. The molecule has 1 aromatic rings. The lowest BCUT2D eigenvalue weighted by Gasteiger charge is -2.43. The van der Waals surface area contributed by atoms with E-state index >= 15 is 0 Å². The van der Waals surface area contributed by atoms with E-state index in [0.29, 0.717) is 30.3 Å². The van der Waals surface area contributed by atoms with Crippen LogP contribution in [0, 0.1) is 12.8 Å². The molecule has 23 heavy (non-hydrogen) atoms. The SMILES string of the molecule is Cc1ccc(C(=O)N2CCOCC2C2CCCCC2O)c(Cl)c1. The van der Waals surface area contributed by atoms with Crippen LogP contribution in [0.5, 0.6) is 0 Å². The summed E-state index contributed by atoms with van der Waals surface area (Å²) in [5.41, 5.74) is 1.57. The van der Waals surface area contributed by atoms with Gasteiger partial charge in [0.1, 0.15) is 0 Å². The molecule has 2 fully saturated rings. The molecule has 1 saturated carbocycles. The number of aliphatic hydroxyl groups excluding tert-OH is 1. The van der Waals surface area contributed by atoms with Crippen molar-refractivity contribution in [2.45, 2.75) is 44.8 Å². The van der Waals surface area contributed by atoms with Crippen molar-refractivity contribution >= 4 is 17.5 Å². The molecule has 126 valence electrons. The molecule has 2 aliphatic rings. The Kier molecular flexibility index (Phi) is 5.24. The zero-order valence-corrected chi connectivity index (χ0v) is 14.3. The molecule has 3 rings (SSSR count). The van der Waals surface area contributed by atoms with Crippen molar-refractivity contribution in [1.29, 1.82) is 0 Å². The highest BCUT2D eigenvalue weighted by atomic mass is 35.5. The molecule has 1 aromatic carbocycles. The van der Waals surface area contributed by atoms with E-state index in [1.165, 1.54) is 0 Å². The molecular weight excluding hydrogens is 314 g/mol. The van der Waals surface area contributed by atoms with Crippen LogP contribution in [-0.4, -0.2) is 47.8 Å². The Labute approximate surface area is 142 Å². The molecule has 3 unspecified atom stereocenters. The number of benzene rings is 1. The number of morpholine rings is 1. The van der Waals surface area contributed by atoms with E-state index in [-0.39, 0.29) is 24.0 Å². The number of carbonyl (C=O) groups excluding carboxylic acids is 1. The Balaban J connectivity index is 1.84. The van der Waals surface area contributed by atoms with Gasteiger partial charge in [0, 0.05) is 12.5 Å². The van der Waals surface area contributed by atoms with E-state index in [0.717, 1.165) is 31.2 Å². The maximum Gasteiger partial charge on any atom is 0.255 e. The highest BCUT2D eigenvalue weighted by Gasteiger charge is 2.38. The lowest BCUT2D eigenvalue weighted by Crippen LogP contribution is -2.55. The predicted molar refractivity (Wildman–Crippen MR) is 89.8 cm³/mol. The molecule has 1 heterocycles. The molecule has 1 aliphatic heterocycles. The molecular formula is C18H24ClNO3. The van der Waals surface area contributed by atoms with Gasteiger partial charge < -0.3 is 14.7 Å². The van der Waals surface area contributed by atoms with Crippen molar-refractivity contribution < 1.29 is 14.6 Å². The summed E-state index contributed by atoms with van der Waals surface area (Å²) in [4.78, 5) is 14.9. The lowest BCUT2D eigenvalue weighted by atomic mass is 9.80. The van der Waals surface area contributed by atoms with Gasteiger partial charge in [-0.2, -0.15) is 0 Å². The number of nitrogens with zero attached hydrogens (tertiary/aromatic N) is 1. The Hall–Kier alpha value is -1.10. The fourth-order valence-corrected chi connectivity index (χ4v) is 4.08. The van der Waals surface area contributed by atoms with Gasteiger partial charge in [0.05, 0.1) is 35.9 Å². The molecule has 0 aromatic heterocycles. The summed E-state index contributed by atoms with van der Waals surface area (Å²) < 4.78 is 5.61.